The molecule has 1 heterocycles. The zero-order chi connectivity index (χ0) is 15.9. The third-order valence-corrected chi connectivity index (χ3v) is 3.34. The first-order valence-corrected chi connectivity index (χ1v) is 7.37. The molecule has 6 heteroatoms. The Balaban J connectivity index is 1.96. The van der Waals surface area contributed by atoms with Crippen LogP contribution in [0.3, 0.4) is 0 Å². The molecule has 0 bridgehead atoms. The molecule has 2 rings (SSSR count). The van der Waals surface area contributed by atoms with Crippen LogP contribution < -0.4 is 15.4 Å². The number of halogens is 1. The number of pyridine rings is 1. The van der Waals surface area contributed by atoms with Gasteiger partial charge in [-0.05, 0) is 49.7 Å². The van der Waals surface area contributed by atoms with Gasteiger partial charge in [-0.3, -0.25) is 4.98 Å². The second kappa shape index (κ2) is 7.66. The number of rotatable bonds is 5. The monoisotopic (exact) mass is 319 g/mol. The van der Waals surface area contributed by atoms with Gasteiger partial charge in [0, 0.05) is 18.1 Å². The van der Waals surface area contributed by atoms with E-state index in [1.807, 2.05) is 26.0 Å². The fourth-order valence-corrected chi connectivity index (χ4v) is 2.19. The van der Waals surface area contributed by atoms with Gasteiger partial charge in [0.2, 0.25) is 0 Å². The Bertz CT molecular complexity index is 635. The fourth-order valence-electron chi connectivity index (χ4n) is 1.95. The largest absolute Gasteiger partial charge is 0.492 e. The first-order chi connectivity index (χ1) is 10.6. The second-order valence-corrected chi connectivity index (χ2v) is 5.09. The van der Waals surface area contributed by atoms with Gasteiger partial charge in [0.1, 0.15) is 5.75 Å². The standard InChI is InChI=1S/C16H18ClN3O2/c1-3-22-15-5-4-13(10-14(15)17)20-16(21)19-11(2)12-6-8-18-9-7-12/h4-11H,3H2,1-2H3,(H2,19,20,21). The minimum absolute atomic E-state index is 0.124. The Morgan fingerprint density at radius 1 is 1.32 bits per heavy atom. The molecular formula is C16H18ClN3O2. The number of anilines is 1. The number of urea groups is 1. The van der Waals surface area contributed by atoms with Crippen molar-refractivity contribution >= 4 is 23.3 Å². The van der Waals surface area contributed by atoms with Crippen LogP contribution in [0.5, 0.6) is 5.75 Å². The average molecular weight is 320 g/mol. The van der Waals surface area contributed by atoms with Crippen molar-refractivity contribution in [2.24, 2.45) is 0 Å². The molecule has 2 aromatic rings. The van der Waals surface area contributed by atoms with Crippen molar-refractivity contribution in [1.29, 1.82) is 0 Å². The van der Waals surface area contributed by atoms with Crippen LogP contribution in [0.1, 0.15) is 25.5 Å². The third-order valence-electron chi connectivity index (χ3n) is 3.04. The smallest absolute Gasteiger partial charge is 0.319 e. The molecule has 0 saturated carbocycles. The molecule has 0 aliphatic rings. The number of carbonyl (C=O) groups is 1. The third kappa shape index (κ3) is 4.36. The molecule has 22 heavy (non-hydrogen) atoms. The predicted octanol–water partition coefficient (Wildman–Crippen LogP) is 4.02. The summed E-state index contributed by atoms with van der Waals surface area (Å²) in [5.41, 5.74) is 1.59. The van der Waals surface area contributed by atoms with Crippen LogP contribution in [0.4, 0.5) is 10.5 Å². The maximum Gasteiger partial charge on any atom is 0.319 e. The lowest BCUT2D eigenvalue weighted by molar-refractivity contribution is 0.249. The molecule has 116 valence electrons. The van der Waals surface area contributed by atoms with Crippen molar-refractivity contribution in [2.75, 3.05) is 11.9 Å². The topological polar surface area (TPSA) is 63.2 Å². The molecule has 1 unspecified atom stereocenters. The molecule has 1 atom stereocenters. The lowest BCUT2D eigenvalue weighted by atomic mass is 10.1. The van der Waals surface area contributed by atoms with Gasteiger partial charge >= 0.3 is 6.03 Å². The number of benzene rings is 1. The van der Waals surface area contributed by atoms with Gasteiger partial charge in [-0.25, -0.2) is 4.79 Å². The van der Waals surface area contributed by atoms with Gasteiger partial charge < -0.3 is 15.4 Å². The highest BCUT2D eigenvalue weighted by molar-refractivity contribution is 6.32. The Kier molecular flexibility index (Phi) is 5.61. The minimum Gasteiger partial charge on any atom is -0.492 e. The zero-order valence-electron chi connectivity index (χ0n) is 12.5. The van der Waals surface area contributed by atoms with Crippen molar-refractivity contribution in [3.63, 3.8) is 0 Å². The van der Waals surface area contributed by atoms with E-state index in [9.17, 15) is 4.79 Å². The summed E-state index contributed by atoms with van der Waals surface area (Å²) in [6.45, 7) is 4.33. The van der Waals surface area contributed by atoms with E-state index in [0.717, 1.165) is 5.56 Å². The molecular weight excluding hydrogens is 302 g/mol. The summed E-state index contributed by atoms with van der Waals surface area (Å²) >= 11 is 6.09. The van der Waals surface area contributed by atoms with Gasteiger partial charge in [0.25, 0.3) is 0 Å². The Hall–Kier alpha value is -2.27. The number of amides is 2. The molecule has 0 aliphatic heterocycles. The lowest BCUT2D eigenvalue weighted by Gasteiger charge is -2.15. The number of carbonyl (C=O) groups excluding carboxylic acids is 1. The summed E-state index contributed by atoms with van der Waals surface area (Å²) in [7, 11) is 0. The summed E-state index contributed by atoms with van der Waals surface area (Å²) in [4.78, 5) is 16.0. The molecule has 0 radical (unpaired) electrons. The van der Waals surface area contributed by atoms with E-state index in [1.165, 1.54) is 0 Å². The van der Waals surface area contributed by atoms with Crippen LogP contribution in [0.25, 0.3) is 0 Å². The van der Waals surface area contributed by atoms with Crippen LogP contribution >= 0.6 is 11.6 Å². The highest BCUT2D eigenvalue weighted by atomic mass is 35.5. The van der Waals surface area contributed by atoms with E-state index in [4.69, 9.17) is 16.3 Å². The van der Waals surface area contributed by atoms with Gasteiger partial charge in [0.15, 0.2) is 0 Å². The van der Waals surface area contributed by atoms with Gasteiger partial charge in [0.05, 0.1) is 17.7 Å². The van der Waals surface area contributed by atoms with Crippen LogP contribution in [-0.2, 0) is 0 Å². The van der Waals surface area contributed by atoms with Crippen molar-refractivity contribution in [2.45, 2.75) is 19.9 Å². The second-order valence-electron chi connectivity index (χ2n) is 4.68. The van der Waals surface area contributed by atoms with Crippen LogP contribution in [0.15, 0.2) is 42.7 Å². The number of aromatic nitrogens is 1. The Morgan fingerprint density at radius 2 is 2.05 bits per heavy atom. The van der Waals surface area contributed by atoms with Crippen LogP contribution in [0.2, 0.25) is 5.02 Å². The summed E-state index contributed by atoms with van der Waals surface area (Å²) in [5.74, 6) is 0.597. The van der Waals surface area contributed by atoms with E-state index in [2.05, 4.69) is 15.6 Å². The summed E-state index contributed by atoms with van der Waals surface area (Å²) < 4.78 is 5.35. The number of nitrogens with one attached hydrogen (secondary N) is 2. The molecule has 1 aromatic heterocycles. The normalized spacial score (nSPS) is 11.6. The highest BCUT2D eigenvalue weighted by Crippen LogP contribution is 2.27. The van der Waals surface area contributed by atoms with Gasteiger partial charge in [-0.15, -0.1) is 0 Å². The number of ether oxygens (including phenoxy) is 1. The van der Waals surface area contributed by atoms with Crippen molar-refractivity contribution in [3.05, 3.63) is 53.3 Å². The molecule has 1 aromatic carbocycles. The van der Waals surface area contributed by atoms with Crippen molar-refractivity contribution in [1.82, 2.24) is 10.3 Å². The maximum absolute atomic E-state index is 12.0. The maximum atomic E-state index is 12.0. The summed E-state index contributed by atoms with van der Waals surface area (Å²) in [6, 6.07) is 8.42. The van der Waals surface area contributed by atoms with E-state index >= 15 is 0 Å². The minimum atomic E-state index is -0.301. The summed E-state index contributed by atoms with van der Waals surface area (Å²) in [6.07, 6.45) is 3.38. The van der Waals surface area contributed by atoms with Crippen molar-refractivity contribution in [3.8, 4) is 5.75 Å². The molecule has 0 aliphatic carbocycles. The van der Waals surface area contributed by atoms with E-state index in [-0.39, 0.29) is 12.1 Å². The molecule has 0 saturated heterocycles. The number of nitrogens with zero attached hydrogens (tertiary/aromatic N) is 1. The van der Waals surface area contributed by atoms with E-state index < -0.39 is 0 Å². The quantitative estimate of drug-likeness (QED) is 0.875. The Morgan fingerprint density at radius 3 is 2.68 bits per heavy atom. The fraction of sp³-hybridized carbons (Fsp3) is 0.250. The summed E-state index contributed by atoms with van der Waals surface area (Å²) in [5, 5.41) is 6.06. The first kappa shape index (κ1) is 16.1. The average Bonchev–Trinajstić information content (AvgIpc) is 2.51. The molecule has 0 spiro atoms. The van der Waals surface area contributed by atoms with Crippen molar-refractivity contribution < 1.29 is 9.53 Å². The number of hydrogen-bond acceptors (Lipinski definition) is 3. The predicted molar refractivity (Wildman–Crippen MR) is 87.4 cm³/mol. The lowest BCUT2D eigenvalue weighted by Crippen LogP contribution is -2.31. The molecule has 2 amide bonds. The van der Waals surface area contributed by atoms with Crippen LogP contribution in [0, 0.1) is 0 Å². The van der Waals surface area contributed by atoms with E-state index in [1.54, 1.807) is 30.6 Å². The van der Waals surface area contributed by atoms with E-state index in [0.29, 0.717) is 23.1 Å². The molecule has 0 fully saturated rings. The first-order valence-electron chi connectivity index (χ1n) is 7.00. The molecule has 2 N–H and O–H groups in total. The SMILES string of the molecule is CCOc1ccc(NC(=O)NC(C)c2ccncc2)cc1Cl. The zero-order valence-corrected chi connectivity index (χ0v) is 13.2. The van der Waals surface area contributed by atoms with Gasteiger partial charge in [-0.1, -0.05) is 11.6 Å². The number of hydrogen-bond donors (Lipinski definition) is 2. The highest BCUT2D eigenvalue weighted by Gasteiger charge is 2.10. The van der Waals surface area contributed by atoms with Gasteiger partial charge in [-0.2, -0.15) is 0 Å². The van der Waals surface area contributed by atoms with Crippen LogP contribution in [-0.4, -0.2) is 17.6 Å². The Labute approximate surface area is 134 Å². The molecule has 5 nitrogen and oxygen atoms in total.